The van der Waals surface area contributed by atoms with Gasteiger partial charge in [0, 0.05) is 22.6 Å². The van der Waals surface area contributed by atoms with Gasteiger partial charge in [0.15, 0.2) is 0 Å². The van der Waals surface area contributed by atoms with Crippen LogP contribution in [0.4, 0.5) is 0 Å². The van der Waals surface area contributed by atoms with E-state index in [-0.39, 0.29) is 0 Å². The fourth-order valence-electron chi connectivity index (χ4n) is 2.62. The first kappa shape index (κ1) is 13.9. The molecule has 0 aliphatic carbocycles. The largest absolute Gasteiger partial charge is 0.460 e. The van der Waals surface area contributed by atoms with Crippen LogP contribution in [0.5, 0.6) is 0 Å². The molecule has 1 aliphatic heterocycles. The fraction of sp³-hybridized carbons (Fsp3) is 0.375. The molecular formula is C16H19BrN2O. The molecule has 0 amide bonds. The molecule has 20 heavy (non-hydrogen) atoms. The number of nitrogens with one attached hydrogen (secondary N) is 1. The van der Waals surface area contributed by atoms with Crippen molar-refractivity contribution in [2.24, 2.45) is 0 Å². The highest BCUT2D eigenvalue weighted by Gasteiger charge is 2.20. The van der Waals surface area contributed by atoms with E-state index in [1.54, 1.807) is 0 Å². The predicted molar refractivity (Wildman–Crippen MR) is 84.6 cm³/mol. The van der Waals surface area contributed by atoms with Crippen LogP contribution in [0.15, 0.2) is 45.3 Å². The minimum atomic E-state index is 0.622. The highest BCUT2D eigenvalue weighted by Crippen LogP contribution is 2.24. The molecule has 106 valence electrons. The van der Waals surface area contributed by atoms with E-state index in [1.807, 2.05) is 12.1 Å². The highest BCUT2D eigenvalue weighted by molar-refractivity contribution is 9.10. The predicted octanol–water partition coefficient (Wildman–Crippen LogP) is 3.50. The van der Waals surface area contributed by atoms with Gasteiger partial charge in [-0.1, -0.05) is 28.1 Å². The maximum Gasteiger partial charge on any atom is 0.134 e. The van der Waals surface area contributed by atoms with Crippen LogP contribution in [-0.2, 0) is 6.54 Å². The van der Waals surface area contributed by atoms with Gasteiger partial charge >= 0.3 is 0 Å². The molecule has 1 aromatic heterocycles. The Kier molecular flexibility index (Phi) is 4.24. The van der Waals surface area contributed by atoms with Gasteiger partial charge in [-0.25, -0.2) is 0 Å². The van der Waals surface area contributed by atoms with E-state index >= 15 is 0 Å². The standard InChI is InChI=1S/C16H19BrN2O/c1-19(14-8-9-18-10-14)11-15-6-7-16(20-15)12-2-4-13(17)5-3-12/h2-7,14,18H,8-11H2,1H3. The van der Waals surface area contributed by atoms with Gasteiger partial charge < -0.3 is 9.73 Å². The van der Waals surface area contributed by atoms with E-state index < -0.39 is 0 Å². The molecule has 0 spiro atoms. The van der Waals surface area contributed by atoms with Crippen molar-refractivity contribution in [3.63, 3.8) is 0 Å². The van der Waals surface area contributed by atoms with E-state index in [1.165, 1.54) is 6.42 Å². The summed E-state index contributed by atoms with van der Waals surface area (Å²) in [4.78, 5) is 2.37. The van der Waals surface area contributed by atoms with E-state index in [0.29, 0.717) is 6.04 Å². The Labute approximate surface area is 128 Å². The highest BCUT2D eigenvalue weighted by atomic mass is 79.9. The monoisotopic (exact) mass is 334 g/mol. The zero-order valence-corrected chi connectivity index (χ0v) is 13.2. The molecule has 0 radical (unpaired) electrons. The lowest BCUT2D eigenvalue weighted by Gasteiger charge is -2.21. The number of furan rings is 1. The summed E-state index contributed by atoms with van der Waals surface area (Å²) >= 11 is 3.45. The summed E-state index contributed by atoms with van der Waals surface area (Å²) in [5.41, 5.74) is 1.12. The lowest BCUT2D eigenvalue weighted by atomic mass is 10.2. The van der Waals surface area contributed by atoms with Gasteiger partial charge in [-0.2, -0.15) is 0 Å². The van der Waals surface area contributed by atoms with Crippen LogP contribution < -0.4 is 5.32 Å². The number of hydrogen-bond acceptors (Lipinski definition) is 3. The quantitative estimate of drug-likeness (QED) is 0.927. The smallest absolute Gasteiger partial charge is 0.134 e. The zero-order valence-electron chi connectivity index (χ0n) is 11.6. The van der Waals surface area contributed by atoms with E-state index in [9.17, 15) is 0 Å². The van der Waals surface area contributed by atoms with Crippen LogP contribution in [0.2, 0.25) is 0 Å². The van der Waals surface area contributed by atoms with Gasteiger partial charge in [0.1, 0.15) is 11.5 Å². The number of rotatable bonds is 4. The molecule has 1 aromatic carbocycles. The lowest BCUT2D eigenvalue weighted by Crippen LogP contribution is -2.32. The summed E-state index contributed by atoms with van der Waals surface area (Å²) < 4.78 is 7.05. The Balaban J connectivity index is 1.68. The minimum Gasteiger partial charge on any atom is -0.460 e. The van der Waals surface area contributed by atoms with Gasteiger partial charge in [-0.15, -0.1) is 0 Å². The third kappa shape index (κ3) is 3.14. The number of halogens is 1. The van der Waals surface area contributed by atoms with Crippen molar-refractivity contribution in [3.05, 3.63) is 46.6 Å². The molecule has 1 unspecified atom stereocenters. The molecule has 2 aromatic rings. The van der Waals surface area contributed by atoms with Crippen molar-refractivity contribution in [1.82, 2.24) is 10.2 Å². The molecular weight excluding hydrogens is 316 g/mol. The molecule has 3 rings (SSSR count). The summed E-state index contributed by atoms with van der Waals surface area (Å²) in [5, 5.41) is 3.40. The maximum absolute atomic E-state index is 5.96. The second-order valence-corrected chi connectivity index (χ2v) is 6.25. The molecule has 1 saturated heterocycles. The SMILES string of the molecule is CN(Cc1ccc(-c2ccc(Br)cc2)o1)C1CCNC1. The molecule has 4 heteroatoms. The Morgan fingerprint density at radius 2 is 2.05 bits per heavy atom. The summed E-state index contributed by atoms with van der Waals surface area (Å²) in [6.07, 6.45) is 1.22. The van der Waals surface area contributed by atoms with Gasteiger partial charge in [-0.3, -0.25) is 4.90 Å². The number of nitrogens with zero attached hydrogens (tertiary/aromatic N) is 1. The van der Waals surface area contributed by atoms with Gasteiger partial charge in [0.25, 0.3) is 0 Å². The fourth-order valence-corrected chi connectivity index (χ4v) is 2.89. The van der Waals surface area contributed by atoms with Crippen molar-refractivity contribution in [1.29, 1.82) is 0 Å². The molecule has 1 atom stereocenters. The van der Waals surface area contributed by atoms with E-state index in [0.717, 1.165) is 41.2 Å². The van der Waals surface area contributed by atoms with Crippen molar-refractivity contribution >= 4 is 15.9 Å². The van der Waals surface area contributed by atoms with Crippen LogP contribution in [0.3, 0.4) is 0 Å². The lowest BCUT2D eigenvalue weighted by molar-refractivity contribution is 0.230. The Morgan fingerprint density at radius 3 is 2.75 bits per heavy atom. The summed E-state index contributed by atoms with van der Waals surface area (Å²) in [7, 11) is 2.17. The first-order valence-electron chi connectivity index (χ1n) is 6.98. The summed E-state index contributed by atoms with van der Waals surface area (Å²) in [6, 6.07) is 13.0. The zero-order chi connectivity index (χ0) is 13.9. The normalized spacial score (nSPS) is 18.9. The third-order valence-electron chi connectivity index (χ3n) is 3.85. The second kappa shape index (κ2) is 6.12. The minimum absolute atomic E-state index is 0.622. The van der Waals surface area contributed by atoms with Crippen LogP contribution >= 0.6 is 15.9 Å². The third-order valence-corrected chi connectivity index (χ3v) is 4.38. The number of hydrogen-bond donors (Lipinski definition) is 1. The summed E-state index contributed by atoms with van der Waals surface area (Å²) in [6.45, 7) is 3.07. The van der Waals surface area contributed by atoms with Crippen LogP contribution in [0, 0.1) is 0 Å². The molecule has 0 saturated carbocycles. The second-order valence-electron chi connectivity index (χ2n) is 5.33. The topological polar surface area (TPSA) is 28.4 Å². The van der Waals surface area contributed by atoms with Crippen LogP contribution in [0.25, 0.3) is 11.3 Å². The Hall–Kier alpha value is -1.10. The van der Waals surface area contributed by atoms with Crippen molar-refractivity contribution < 1.29 is 4.42 Å². The number of likely N-dealkylation sites (N-methyl/N-ethyl adjacent to an activating group) is 1. The molecule has 0 bridgehead atoms. The van der Waals surface area contributed by atoms with Crippen LogP contribution in [-0.4, -0.2) is 31.1 Å². The van der Waals surface area contributed by atoms with Gasteiger partial charge in [-0.05, 0) is 44.3 Å². The van der Waals surface area contributed by atoms with Crippen LogP contribution in [0.1, 0.15) is 12.2 Å². The van der Waals surface area contributed by atoms with Gasteiger partial charge in [0.05, 0.1) is 6.54 Å². The number of benzene rings is 1. The first-order valence-corrected chi connectivity index (χ1v) is 7.77. The molecule has 2 heterocycles. The molecule has 1 aliphatic rings. The van der Waals surface area contributed by atoms with E-state index in [4.69, 9.17) is 4.42 Å². The van der Waals surface area contributed by atoms with E-state index in [2.05, 4.69) is 57.5 Å². The van der Waals surface area contributed by atoms with Crippen molar-refractivity contribution in [2.45, 2.75) is 19.0 Å². The maximum atomic E-state index is 5.96. The average Bonchev–Trinajstić information content (AvgIpc) is 3.10. The first-order chi connectivity index (χ1) is 9.72. The van der Waals surface area contributed by atoms with Crippen molar-refractivity contribution in [3.8, 4) is 11.3 Å². The van der Waals surface area contributed by atoms with Gasteiger partial charge in [0.2, 0.25) is 0 Å². The van der Waals surface area contributed by atoms with Crippen molar-refractivity contribution in [2.75, 3.05) is 20.1 Å². The summed E-state index contributed by atoms with van der Waals surface area (Å²) in [5.74, 6) is 1.96. The average molecular weight is 335 g/mol. The molecule has 1 fully saturated rings. The molecule has 1 N–H and O–H groups in total. The molecule has 3 nitrogen and oxygen atoms in total. The Bertz CT molecular complexity index is 558. The Morgan fingerprint density at radius 1 is 1.25 bits per heavy atom.